The molecule has 1 N–H and O–H groups in total. The van der Waals surface area contributed by atoms with Gasteiger partial charge in [0.15, 0.2) is 0 Å². The average molecular weight is 280 g/mol. The van der Waals surface area contributed by atoms with Gasteiger partial charge in [0.2, 0.25) is 11.8 Å². The van der Waals surface area contributed by atoms with Crippen molar-refractivity contribution >= 4 is 11.8 Å². The van der Waals surface area contributed by atoms with Crippen molar-refractivity contribution in [3.63, 3.8) is 0 Å². The van der Waals surface area contributed by atoms with Crippen molar-refractivity contribution < 1.29 is 14.3 Å². The number of hydrogen-bond donors (Lipinski definition) is 1. The number of hydrogen-bond acceptors (Lipinski definition) is 3. The van der Waals surface area contributed by atoms with Gasteiger partial charge in [0.05, 0.1) is 0 Å². The first-order valence-electron chi connectivity index (χ1n) is 7.89. The molecular weight excluding hydrogens is 256 g/mol. The zero-order chi connectivity index (χ0) is 14.1. The van der Waals surface area contributed by atoms with Crippen molar-refractivity contribution in [2.24, 2.45) is 11.8 Å². The lowest BCUT2D eigenvalue weighted by Crippen LogP contribution is -2.64. The molecule has 3 fully saturated rings. The molecule has 3 unspecified atom stereocenters. The van der Waals surface area contributed by atoms with E-state index in [1.54, 1.807) is 0 Å². The number of carbonyl (C=O) groups excluding carboxylic acids is 2. The summed E-state index contributed by atoms with van der Waals surface area (Å²) in [5, 5.41) is 2.93. The van der Waals surface area contributed by atoms with Crippen LogP contribution < -0.4 is 5.32 Å². The summed E-state index contributed by atoms with van der Waals surface area (Å²) in [4.78, 5) is 26.6. The summed E-state index contributed by atoms with van der Waals surface area (Å²) in [5.41, 5.74) is 0. The molecule has 0 radical (unpaired) electrons. The average Bonchev–Trinajstić information content (AvgIpc) is 3.15. The van der Waals surface area contributed by atoms with Gasteiger partial charge in [-0.2, -0.15) is 0 Å². The first kappa shape index (κ1) is 13.9. The fourth-order valence-electron chi connectivity index (χ4n) is 3.34. The summed E-state index contributed by atoms with van der Waals surface area (Å²) < 4.78 is 5.38. The SMILES string of the molecule is CCC1C(=O)NC(C2CC2)C(=O)N1CCC1CCOC1. The van der Waals surface area contributed by atoms with Crippen molar-refractivity contribution in [1.82, 2.24) is 10.2 Å². The molecule has 0 aromatic heterocycles. The minimum atomic E-state index is -0.278. The zero-order valence-electron chi connectivity index (χ0n) is 12.1. The quantitative estimate of drug-likeness (QED) is 0.815. The topological polar surface area (TPSA) is 58.6 Å². The highest BCUT2D eigenvalue weighted by Gasteiger charge is 2.46. The molecule has 112 valence electrons. The largest absolute Gasteiger partial charge is 0.381 e. The number of nitrogens with zero attached hydrogens (tertiary/aromatic N) is 1. The molecule has 20 heavy (non-hydrogen) atoms. The number of piperazine rings is 1. The molecule has 5 heteroatoms. The molecule has 1 saturated carbocycles. The molecule has 0 spiro atoms. The second kappa shape index (κ2) is 5.72. The third kappa shape index (κ3) is 2.68. The van der Waals surface area contributed by atoms with Crippen molar-refractivity contribution in [3.8, 4) is 0 Å². The lowest BCUT2D eigenvalue weighted by atomic mass is 9.99. The van der Waals surface area contributed by atoms with Crippen LogP contribution in [-0.4, -0.2) is 48.6 Å². The monoisotopic (exact) mass is 280 g/mol. The highest BCUT2D eigenvalue weighted by molar-refractivity contribution is 5.97. The van der Waals surface area contributed by atoms with E-state index in [1.165, 1.54) is 0 Å². The van der Waals surface area contributed by atoms with Gasteiger partial charge in [-0.25, -0.2) is 0 Å². The Balaban J connectivity index is 1.65. The lowest BCUT2D eigenvalue weighted by Gasteiger charge is -2.39. The Kier molecular flexibility index (Phi) is 3.96. The van der Waals surface area contributed by atoms with Crippen LogP contribution in [0.15, 0.2) is 0 Å². The Labute approximate surface area is 120 Å². The lowest BCUT2D eigenvalue weighted by molar-refractivity contribution is -0.150. The van der Waals surface area contributed by atoms with Crippen LogP contribution in [0.25, 0.3) is 0 Å². The number of carbonyl (C=O) groups is 2. The van der Waals surface area contributed by atoms with Crippen molar-refractivity contribution in [2.75, 3.05) is 19.8 Å². The molecule has 2 amide bonds. The standard InChI is InChI=1S/C15H24N2O3/c1-2-12-14(18)16-13(11-3-4-11)15(19)17(12)7-5-10-6-8-20-9-10/h10-13H,2-9H2,1H3,(H,16,18). The van der Waals surface area contributed by atoms with Gasteiger partial charge in [-0.3, -0.25) is 9.59 Å². The Morgan fingerprint density at radius 1 is 1.30 bits per heavy atom. The Bertz CT molecular complexity index is 389. The summed E-state index contributed by atoms with van der Waals surface area (Å²) in [6, 6.07) is -0.537. The van der Waals surface area contributed by atoms with Gasteiger partial charge in [0.1, 0.15) is 12.1 Å². The van der Waals surface area contributed by atoms with E-state index < -0.39 is 0 Å². The van der Waals surface area contributed by atoms with E-state index in [4.69, 9.17) is 4.74 Å². The molecule has 1 aliphatic carbocycles. The van der Waals surface area contributed by atoms with Crippen LogP contribution >= 0.6 is 0 Å². The molecule has 0 aromatic rings. The fourth-order valence-corrected chi connectivity index (χ4v) is 3.34. The Hall–Kier alpha value is -1.10. The van der Waals surface area contributed by atoms with Gasteiger partial charge in [-0.1, -0.05) is 6.92 Å². The van der Waals surface area contributed by atoms with E-state index in [1.807, 2.05) is 11.8 Å². The number of amides is 2. The van der Waals surface area contributed by atoms with E-state index in [0.29, 0.717) is 24.8 Å². The van der Waals surface area contributed by atoms with Crippen LogP contribution in [0.1, 0.15) is 39.0 Å². The van der Waals surface area contributed by atoms with Crippen LogP contribution in [0.5, 0.6) is 0 Å². The molecule has 3 rings (SSSR count). The summed E-state index contributed by atoms with van der Waals surface area (Å²) in [6.45, 7) is 4.31. The molecule has 2 heterocycles. The van der Waals surface area contributed by atoms with Gasteiger partial charge >= 0.3 is 0 Å². The molecule has 0 bridgehead atoms. The summed E-state index contributed by atoms with van der Waals surface area (Å²) in [6.07, 6.45) is 4.86. The van der Waals surface area contributed by atoms with Gasteiger partial charge in [-0.05, 0) is 43.9 Å². The summed E-state index contributed by atoms with van der Waals surface area (Å²) >= 11 is 0. The van der Waals surface area contributed by atoms with Crippen molar-refractivity contribution in [3.05, 3.63) is 0 Å². The second-order valence-electron chi connectivity index (χ2n) is 6.30. The minimum absolute atomic E-state index is 0.0340. The second-order valence-corrected chi connectivity index (χ2v) is 6.30. The van der Waals surface area contributed by atoms with E-state index in [-0.39, 0.29) is 23.9 Å². The van der Waals surface area contributed by atoms with Gasteiger partial charge in [0.25, 0.3) is 0 Å². The third-order valence-corrected chi connectivity index (χ3v) is 4.81. The Morgan fingerprint density at radius 3 is 2.70 bits per heavy atom. The molecule has 3 aliphatic rings. The highest BCUT2D eigenvalue weighted by Crippen LogP contribution is 2.35. The van der Waals surface area contributed by atoms with Crippen LogP contribution in [0.4, 0.5) is 0 Å². The van der Waals surface area contributed by atoms with Crippen LogP contribution in [0.2, 0.25) is 0 Å². The van der Waals surface area contributed by atoms with E-state index in [2.05, 4.69) is 5.32 Å². The predicted octanol–water partition coefficient (Wildman–Crippen LogP) is 0.929. The van der Waals surface area contributed by atoms with E-state index in [9.17, 15) is 9.59 Å². The number of nitrogens with one attached hydrogen (secondary N) is 1. The smallest absolute Gasteiger partial charge is 0.246 e. The third-order valence-electron chi connectivity index (χ3n) is 4.81. The molecule has 0 aromatic carbocycles. The maximum Gasteiger partial charge on any atom is 0.246 e. The molecule has 2 aliphatic heterocycles. The summed E-state index contributed by atoms with van der Waals surface area (Å²) in [7, 11) is 0. The maximum absolute atomic E-state index is 12.6. The molecule has 2 saturated heterocycles. The van der Waals surface area contributed by atoms with Crippen LogP contribution in [0, 0.1) is 11.8 Å². The highest BCUT2D eigenvalue weighted by atomic mass is 16.5. The van der Waals surface area contributed by atoms with Gasteiger partial charge in [0, 0.05) is 19.8 Å². The molecular formula is C15H24N2O3. The zero-order valence-corrected chi connectivity index (χ0v) is 12.1. The predicted molar refractivity (Wildman–Crippen MR) is 74.0 cm³/mol. The molecule has 5 nitrogen and oxygen atoms in total. The van der Waals surface area contributed by atoms with Crippen LogP contribution in [0.3, 0.4) is 0 Å². The maximum atomic E-state index is 12.6. The first-order valence-corrected chi connectivity index (χ1v) is 7.89. The summed E-state index contributed by atoms with van der Waals surface area (Å²) in [5.74, 6) is 1.09. The van der Waals surface area contributed by atoms with E-state index in [0.717, 1.165) is 38.9 Å². The minimum Gasteiger partial charge on any atom is -0.381 e. The van der Waals surface area contributed by atoms with Crippen LogP contribution in [-0.2, 0) is 14.3 Å². The van der Waals surface area contributed by atoms with Gasteiger partial charge in [-0.15, -0.1) is 0 Å². The normalized spacial score (nSPS) is 34.5. The van der Waals surface area contributed by atoms with Crippen molar-refractivity contribution in [2.45, 2.75) is 51.1 Å². The molecule has 3 atom stereocenters. The van der Waals surface area contributed by atoms with E-state index >= 15 is 0 Å². The first-order chi connectivity index (χ1) is 9.70. The number of rotatable bonds is 5. The van der Waals surface area contributed by atoms with Gasteiger partial charge < -0.3 is 15.0 Å². The Morgan fingerprint density at radius 2 is 2.10 bits per heavy atom. The fraction of sp³-hybridized carbons (Fsp3) is 0.867. The number of ether oxygens (including phenoxy) is 1. The van der Waals surface area contributed by atoms with Crippen molar-refractivity contribution in [1.29, 1.82) is 0 Å².